The van der Waals surface area contributed by atoms with Gasteiger partial charge in [0.1, 0.15) is 12.6 Å². The molecule has 2 atom stereocenters. The van der Waals surface area contributed by atoms with Crippen molar-refractivity contribution in [1.82, 2.24) is 10.2 Å². The Morgan fingerprint density at radius 3 is 1.55 bits per heavy atom. The number of hydrogen-bond donors (Lipinski definition) is 2. The number of unbranched alkanes of at least 4 members (excludes halogenated alkanes) is 3. The van der Waals surface area contributed by atoms with Gasteiger partial charge in [-0.1, -0.05) is 39.2 Å². The average molecular weight is 954 g/mol. The first-order valence-corrected chi connectivity index (χ1v) is 23.9. The van der Waals surface area contributed by atoms with Crippen molar-refractivity contribution in [2.45, 2.75) is 84.1 Å². The molecule has 0 spiro atoms. The SMILES string of the molecule is CCCCC(CC)C(=O)OCCOCCOCCOCCOCCOCCOCCOCCOCCOCCOCCCCCC(=O)Nc1cccc2c1C(=O)N(C1CCC(=O)NC1=O)C2=O. The van der Waals surface area contributed by atoms with Crippen LogP contribution in [0.15, 0.2) is 18.2 Å². The van der Waals surface area contributed by atoms with Gasteiger partial charge >= 0.3 is 5.97 Å². The molecule has 1 saturated heterocycles. The van der Waals surface area contributed by atoms with Gasteiger partial charge in [-0.25, -0.2) is 0 Å². The van der Waals surface area contributed by atoms with Crippen molar-refractivity contribution in [2.24, 2.45) is 5.92 Å². The molecule has 0 saturated carbocycles. The molecule has 2 aliphatic rings. The van der Waals surface area contributed by atoms with E-state index in [1.165, 1.54) is 6.07 Å². The van der Waals surface area contributed by atoms with Crippen LogP contribution in [0.25, 0.3) is 0 Å². The second kappa shape index (κ2) is 37.0. The van der Waals surface area contributed by atoms with Crippen LogP contribution >= 0.6 is 0 Å². The zero-order valence-corrected chi connectivity index (χ0v) is 39.7. The molecule has 0 radical (unpaired) electrons. The molecule has 0 bridgehead atoms. The predicted molar refractivity (Wildman–Crippen MR) is 243 cm³/mol. The number of esters is 1. The summed E-state index contributed by atoms with van der Waals surface area (Å²) in [4.78, 5) is 75.7. The highest BCUT2D eigenvalue weighted by Gasteiger charge is 2.45. The Morgan fingerprint density at radius 1 is 0.612 bits per heavy atom. The number of benzene rings is 1. The first-order chi connectivity index (χ1) is 32.8. The zero-order chi connectivity index (χ0) is 48.2. The van der Waals surface area contributed by atoms with Crippen molar-refractivity contribution in [3.63, 3.8) is 0 Å². The van der Waals surface area contributed by atoms with Crippen molar-refractivity contribution < 1.29 is 80.9 Å². The molecule has 5 amide bonds. The molecule has 3 rings (SSSR count). The molecule has 1 aromatic rings. The van der Waals surface area contributed by atoms with Crippen molar-refractivity contribution in [3.8, 4) is 0 Å². The maximum Gasteiger partial charge on any atom is 0.308 e. The first-order valence-electron chi connectivity index (χ1n) is 23.9. The maximum atomic E-state index is 13.2. The molecule has 2 N–H and O–H groups in total. The van der Waals surface area contributed by atoms with Crippen LogP contribution in [-0.2, 0) is 71.3 Å². The molecule has 20 nitrogen and oxygen atoms in total. The van der Waals surface area contributed by atoms with Gasteiger partial charge in [-0.3, -0.25) is 39.0 Å². The molecular formula is C47H75N3O17. The van der Waals surface area contributed by atoms with E-state index >= 15 is 0 Å². The van der Waals surface area contributed by atoms with Crippen LogP contribution in [0.3, 0.4) is 0 Å². The number of carbonyl (C=O) groups excluding carboxylic acids is 6. The van der Waals surface area contributed by atoms with E-state index in [9.17, 15) is 28.8 Å². The van der Waals surface area contributed by atoms with Gasteiger partial charge in [0, 0.05) is 19.4 Å². The Kier molecular flexibility index (Phi) is 31.7. The highest BCUT2D eigenvalue weighted by molar-refractivity contribution is 6.26. The summed E-state index contributed by atoms with van der Waals surface area (Å²) in [7, 11) is 0. The highest BCUT2D eigenvalue weighted by atomic mass is 16.6. The van der Waals surface area contributed by atoms with E-state index in [-0.39, 0.29) is 60.5 Å². The van der Waals surface area contributed by atoms with Crippen molar-refractivity contribution >= 4 is 41.2 Å². The Hall–Kier alpha value is -3.96. The lowest BCUT2D eigenvalue weighted by molar-refractivity contribution is -0.150. The van der Waals surface area contributed by atoms with Crippen molar-refractivity contribution in [3.05, 3.63) is 29.3 Å². The van der Waals surface area contributed by atoms with Gasteiger partial charge in [0.25, 0.3) is 11.8 Å². The second-order valence-electron chi connectivity index (χ2n) is 15.6. The number of fused-ring (bicyclic) bond motifs is 1. The van der Waals surface area contributed by atoms with Gasteiger partial charge in [0.2, 0.25) is 17.7 Å². The largest absolute Gasteiger partial charge is 0.463 e. The van der Waals surface area contributed by atoms with Gasteiger partial charge in [-0.15, -0.1) is 0 Å². The van der Waals surface area contributed by atoms with E-state index in [0.29, 0.717) is 139 Å². The first kappa shape index (κ1) is 57.4. The summed E-state index contributed by atoms with van der Waals surface area (Å²) in [5, 5.41) is 4.91. The van der Waals surface area contributed by atoms with Gasteiger partial charge in [-0.2, -0.15) is 0 Å². The number of piperidine rings is 1. The average Bonchev–Trinajstić information content (AvgIpc) is 3.57. The van der Waals surface area contributed by atoms with Crippen LogP contribution < -0.4 is 10.6 Å². The van der Waals surface area contributed by atoms with E-state index in [2.05, 4.69) is 17.6 Å². The summed E-state index contributed by atoms with van der Waals surface area (Å²) in [5.74, 6) is -2.88. The number of nitrogens with one attached hydrogen (secondary N) is 2. The quantitative estimate of drug-likeness (QED) is 0.0542. The van der Waals surface area contributed by atoms with Gasteiger partial charge in [0.15, 0.2) is 0 Å². The molecule has 67 heavy (non-hydrogen) atoms. The summed E-state index contributed by atoms with van der Waals surface area (Å²) >= 11 is 0. The Labute approximate surface area is 394 Å². The lowest BCUT2D eigenvalue weighted by Gasteiger charge is -2.27. The lowest BCUT2D eigenvalue weighted by Crippen LogP contribution is -2.54. The Morgan fingerprint density at radius 2 is 1.09 bits per heavy atom. The minimum atomic E-state index is -1.08. The van der Waals surface area contributed by atoms with E-state index in [1.54, 1.807) is 12.1 Å². The molecular weight excluding hydrogens is 879 g/mol. The van der Waals surface area contributed by atoms with Crippen LogP contribution in [0.2, 0.25) is 0 Å². The zero-order valence-electron chi connectivity index (χ0n) is 39.7. The molecule has 1 aromatic carbocycles. The molecule has 0 aliphatic carbocycles. The molecule has 20 heteroatoms. The fourth-order valence-corrected chi connectivity index (χ4v) is 6.84. The van der Waals surface area contributed by atoms with Gasteiger partial charge in [-0.05, 0) is 44.2 Å². The minimum absolute atomic E-state index is 0.0188. The van der Waals surface area contributed by atoms with Crippen LogP contribution in [0.4, 0.5) is 5.69 Å². The molecule has 380 valence electrons. The Balaban J connectivity index is 0.977. The normalized spacial score (nSPS) is 15.3. The monoisotopic (exact) mass is 954 g/mol. The molecule has 1 fully saturated rings. The number of amides is 5. The van der Waals surface area contributed by atoms with E-state index in [1.807, 2.05) is 6.92 Å². The summed E-state index contributed by atoms with van der Waals surface area (Å²) in [5.41, 5.74) is 0.373. The summed E-state index contributed by atoms with van der Waals surface area (Å²) < 4.78 is 60.4. The number of ether oxygens (including phenoxy) is 11. The van der Waals surface area contributed by atoms with Crippen LogP contribution in [-0.4, -0.2) is 185 Å². The van der Waals surface area contributed by atoms with Crippen LogP contribution in [0, 0.1) is 5.92 Å². The smallest absolute Gasteiger partial charge is 0.308 e. The number of anilines is 1. The van der Waals surface area contributed by atoms with Crippen LogP contribution in [0.5, 0.6) is 0 Å². The maximum absolute atomic E-state index is 13.2. The molecule has 2 heterocycles. The summed E-state index contributed by atoms with van der Waals surface area (Å²) in [6.45, 7) is 13.5. The topological polar surface area (TPSA) is 231 Å². The number of imide groups is 2. The van der Waals surface area contributed by atoms with E-state index in [4.69, 9.17) is 52.1 Å². The molecule has 2 unspecified atom stereocenters. The molecule has 2 aliphatic heterocycles. The fraction of sp³-hybridized carbons (Fsp3) is 0.745. The van der Waals surface area contributed by atoms with Crippen molar-refractivity contribution in [2.75, 3.05) is 144 Å². The minimum Gasteiger partial charge on any atom is -0.463 e. The third-order valence-corrected chi connectivity index (χ3v) is 10.5. The van der Waals surface area contributed by atoms with E-state index in [0.717, 1.165) is 43.4 Å². The van der Waals surface area contributed by atoms with Crippen LogP contribution in [0.1, 0.15) is 98.8 Å². The standard InChI is InChI=1S/C47H75N3O17/c1-3-5-10-37(4-2)47(56)67-36-35-66-34-33-65-32-31-64-30-29-63-28-27-62-26-25-61-24-23-60-22-21-59-20-19-58-18-17-57-16-8-6-7-13-41(51)48-39-12-9-11-38-43(39)46(55)50(45(38)54)40-14-15-42(52)49-44(40)53/h9,11-12,37,40H,3-8,10,13-36H2,1-2H3,(H,48,51)(H,49,52,53). The number of nitrogens with zero attached hydrogens (tertiary/aromatic N) is 1. The van der Waals surface area contributed by atoms with Gasteiger partial charge < -0.3 is 57.4 Å². The third-order valence-electron chi connectivity index (χ3n) is 10.5. The number of rotatable bonds is 43. The second-order valence-corrected chi connectivity index (χ2v) is 15.6. The number of carbonyl (C=O) groups is 6. The predicted octanol–water partition coefficient (Wildman–Crippen LogP) is 3.51. The van der Waals surface area contributed by atoms with E-state index < -0.39 is 29.7 Å². The highest BCUT2D eigenvalue weighted by Crippen LogP contribution is 2.32. The van der Waals surface area contributed by atoms with Crippen molar-refractivity contribution in [1.29, 1.82) is 0 Å². The summed E-state index contributed by atoms with van der Waals surface area (Å²) in [6.07, 6.45) is 6.21. The number of hydrogen-bond acceptors (Lipinski definition) is 17. The molecule has 0 aromatic heterocycles. The van der Waals surface area contributed by atoms with Gasteiger partial charge in [0.05, 0.1) is 148 Å². The fourth-order valence-electron chi connectivity index (χ4n) is 6.84. The Bertz CT molecular complexity index is 1580. The third kappa shape index (κ3) is 24.2. The lowest BCUT2D eigenvalue weighted by atomic mass is 10.00. The summed E-state index contributed by atoms with van der Waals surface area (Å²) in [6, 6.07) is 3.52.